The van der Waals surface area contributed by atoms with Crippen LogP contribution in [0.2, 0.25) is 0 Å². The number of hydrogen-bond donors (Lipinski definition) is 2. The highest BCUT2D eigenvalue weighted by atomic mass is 32.2. The van der Waals surface area contributed by atoms with E-state index in [1.807, 2.05) is 11.8 Å². The van der Waals surface area contributed by atoms with Crippen LogP contribution in [-0.2, 0) is 4.75 Å². The maximum Gasteiger partial charge on any atom is 0.147 e. The molecule has 0 spiro atoms. The van der Waals surface area contributed by atoms with Crippen LogP contribution in [0, 0.1) is 0 Å². The molecule has 0 amide bonds. The van der Waals surface area contributed by atoms with Gasteiger partial charge in [0, 0.05) is 5.92 Å². The van der Waals surface area contributed by atoms with Crippen molar-refractivity contribution in [3.8, 4) is 0 Å². The second-order valence-corrected chi connectivity index (χ2v) is 6.44. The van der Waals surface area contributed by atoms with Crippen molar-refractivity contribution in [3.05, 3.63) is 11.5 Å². The lowest BCUT2D eigenvalue weighted by molar-refractivity contribution is 0.646. The zero-order chi connectivity index (χ0) is 12.0. The largest absolute Gasteiger partial charge is 0.382 e. The first-order valence-corrected chi connectivity index (χ1v) is 7.59. The van der Waals surface area contributed by atoms with E-state index in [4.69, 9.17) is 16.6 Å². The van der Waals surface area contributed by atoms with Crippen LogP contribution in [0.5, 0.6) is 0 Å². The van der Waals surface area contributed by atoms with Gasteiger partial charge in [-0.25, -0.2) is 9.66 Å². The molecule has 0 atom stereocenters. The SMILES string of the molecule is CSC1(c2nc(C3CCCC3)n(N)c2N)CC1. The van der Waals surface area contributed by atoms with Gasteiger partial charge in [0.15, 0.2) is 0 Å². The summed E-state index contributed by atoms with van der Waals surface area (Å²) in [7, 11) is 0. The van der Waals surface area contributed by atoms with Crippen LogP contribution in [0.1, 0.15) is 56.0 Å². The number of nitrogen functional groups attached to an aromatic ring is 2. The van der Waals surface area contributed by atoms with Crippen molar-refractivity contribution >= 4 is 17.6 Å². The van der Waals surface area contributed by atoms with E-state index < -0.39 is 0 Å². The summed E-state index contributed by atoms with van der Waals surface area (Å²) in [4.78, 5) is 4.79. The summed E-state index contributed by atoms with van der Waals surface area (Å²) in [6, 6.07) is 0. The predicted octanol–water partition coefficient (Wildman–Crippen LogP) is 2.19. The summed E-state index contributed by atoms with van der Waals surface area (Å²) in [6.45, 7) is 0. The highest BCUT2D eigenvalue weighted by Gasteiger charge is 2.48. The molecule has 0 aliphatic heterocycles. The Labute approximate surface area is 106 Å². The quantitative estimate of drug-likeness (QED) is 0.809. The van der Waals surface area contributed by atoms with E-state index in [1.54, 1.807) is 4.68 Å². The average Bonchev–Trinajstić information content (AvgIpc) is 2.82. The van der Waals surface area contributed by atoms with Crippen molar-refractivity contribution in [3.63, 3.8) is 0 Å². The van der Waals surface area contributed by atoms with Gasteiger partial charge < -0.3 is 11.6 Å². The molecular weight excluding hydrogens is 232 g/mol. The number of rotatable bonds is 3. The second kappa shape index (κ2) is 3.83. The minimum Gasteiger partial charge on any atom is -0.382 e. The Balaban J connectivity index is 1.98. The monoisotopic (exact) mass is 252 g/mol. The molecule has 4 nitrogen and oxygen atoms in total. The molecule has 2 aliphatic rings. The number of hydrogen-bond acceptors (Lipinski definition) is 4. The van der Waals surface area contributed by atoms with Gasteiger partial charge in [-0.3, -0.25) is 0 Å². The summed E-state index contributed by atoms with van der Waals surface area (Å²) < 4.78 is 1.81. The molecular formula is C12H20N4S. The Kier molecular flexibility index (Phi) is 2.54. The molecule has 4 N–H and O–H groups in total. The molecule has 94 valence electrons. The number of nitrogens with two attached hydrogens (primary N) is 2. The second-order valence-electron chi connectivity index (χ2n) is 5.25. The van der Waals surface area contributed by atoms with E-state index in [2.05, 4.69) is 6.26 Å². The van der Waals surface area contributed by atoms with Gasteiger partial charge in [-0.2, -0.15) is 11.8 Å². The average molecular weight is 252 g/mol. The zero-order valence-electron chi connectivity index (χ0n) is 10.3. The molecule has 2 fully saturated rings. The summed E-state index contributed by atoms with van der Waals surface area (Å²) in [5.41, 5.74) is 7.17. The molecule has 0 aromatic carbocycles. The van der Waals surface area contributed by atoms with Gasteiger partial charge in [0.2, 0.25) is 0 Å². The molecule has 2 aliphatic carbocycles. The Morgan fingerprint density at radius 2 is 2.00 bits per heavy atom. The summed E-state index contributed by atoms with van der Waals surface area (Å²) in [5, 5.41) is 0. The van der Waals surface area contributed by atoms with E-state index in [0.29, 0.717) is 11.7 Å². The van der Waals surface area contributed by atoms with Crippen molar-refractivity contribution in [2.45, 2.75) is 49.2 Å². The third-order valence-electron chi connectivity index (χ3n) is 4.22. The van der Waals surface area contributed by atoms with Crippen LogP contribution in [0.15, 0.2) is 0 Å². The minimum atomic E-state index is 0.169. The number of imidazole rings is 1. The Morgan fingerprint density at radius 3 is 2.53 bits per heavy atom. The number of aromatic nitrogens is 2. The highest BCUT2D eigenvalue weighted by Crippen LogP contribution is 2.57. The highest BCUT2D eigenvalue weighted by molar-refractivity contribution is 7.99. The summed E-state index contributed by atoms with van der Waals surface area (Å²) in [6.07, 6.45) is 9.50. The Morgan fingerprint density at radius 1 is 1.35 bits per heavy atom. The molecule has 5 heteroatoms. The van der Waals surface area contributed by atoms with E-state index in [9.17, 15) is 0 Å². The van der Waals surface area contributed by atoms with Gasteiger partial charge in [0.1, 0.15) is 17.3 Å². The molecule has 1 aromatic heterocycles. The van der Waals surface area contributed by atoms with Gasteiger partial charge >= 0.3 is 0 Å². The van der Waals surface area contributed by atoms with Gasteiger partial charge in [0.05, 0.1) is 4.75 Å². The first kappa shape index (κ1) is 11.3. The van der Waals surface area contributed by atoms with E-state index in [0.717, 1.165) is 11.5 Å². The molecule has 17 heavy (non-hydrogen) atoms. The maximum atomic E-state index is 6.13. The third kappa shape index (κ3) is 1.63. The third-order valence-corrected chi connectivity index (χ3v) is 5.61. The first-order chi connectivity index (χ1) is 8.18. The normalized spacial score (nSPS) is 23.1. The van der Waals surface area contributed by atoms with Gasteiger partial charge in [-0.05, 0) is 31.9 Å². The van der Waals surface area contributed by atoms with Gasteiger partial charge in [0.25, 0.3) is 0 Å². The number of thioether (sulfide) groups is 1. The molecule has 3 rings (SSSR count). The van der Waals surface area contributed by atoms with Crippen molar-refractivity contribution < 1.29 is 0 Å². The molecule has 0 saturated heterocycles. The van der Waals surface area contributed by atoms with Crippen LogP contribution in [0.3, 0.4) is 0 Å². The lowest BCUT2D eigenvalue weighted by Crippen LogP contribution is -2.17. The fraction of sp³-hybridized carbons (Fsp3) is 0.750. The standard InChI is InChI=1S/C12H20N4S/c1-17-12(6-7-12)9-10(13)16(14)11(15-9)8-4-2-3-5-8/h8H,2-7,13-14H2,1H3. The van der Waals surface area contributed by atoms with Crippen molar-refractivity contribution in [2.75, 3.05) is 17.8 Å². The molecule has 2 saturated carbocycles. The fourth-order valence-corrected chi connectivity index (χ4v) is 3.78. The Bertz CT molecular complexity index is 430. The lowest BCUT2D eigenvalue weighted by atomic mass is 10.1. The zero-order valence-corrected chi connectivity index (χ0v) is 11.1. The molecule has 0 bridgehead atoms. The van der Waals surface area contributed by atoms with Crippen LogP contribution in [-0.4, -0.2) is 15.9 Å². The summed E-state index contributed by atoms with van der Waals surface area (Å²) >= 11 is 1.86. The maximum absolute atomic E-state index is 6.13. The van der Waals surface area contributed by atoms with E-state index in [1.165, 1.54) is 38.5 Å². The fourth-order valence-electron chi connectivity index (χ4n) is 2.92. The van der Waals surface area contributed by atoms with Crippen LogP contribution in [0.4, 0.5) is 5.82 Å². The van der Waals surface area contributed by atoms with Crippen molar-refractivity contribution in [1.82, 2.24) is 9.66 Å². The minimum absolute atomic E-state index is 0.169. The molecule has 0 unspecified atom stereocenters. The number of nitrogens with zero attached hydrogens (tertiary/aromatic N) is 2. The predicted molar refractivity (Wildman–Crippen MR) is 72.4 cm³/mol. The topological polar surface area (TPSA) is 69.9 Å². The van der Waals surface area contributed by atoms with E-state index in [-0.39, 0.29) is 4.75 Å². The van der Waals surface area contributed by atoms with Gasteiger partial charge in [-0.1, -0.05) is 12.8 Å². The van der Waals surface area contributed by atoms with Gasteiger partial charge in [-0.15, -0.1) is 0 Å². The molecule has 1 heterocycles. The lowest BCUT2D eigenvalue weighted by Gasteiger charge is -2.09. The van der Waals surface area contributed by atoms with Crippen LogP contribution >= 0.6 is 11.8 Å². The van der Waals surface area contributed by atoms with Crippen molar-refractivity contribution in [2.24, 2.45) is 0 Å². The van der Waals surface area contributed by atoms with Crippen LogP contribution in [0.25, 0.3) is 0 Å². The number of anilines is 1. The van der Waals surface area contributed by atoms with Crippen molar-refractivity contribution in [1.29, 1.82) is 0 Å². The van der Waals surface area contributed by atoms with Crippen LogP contribution < -0.4 is 11.6 Å². The smallest absolute Gasteiger partial charge is 0.147 e. The summed E-state index contributed by atoms with van der Waals surface area (Å²) in [5.74, 6) is 8.29. The molecule has 0 radical (unpaired) electrons. The van der Waals surface area contributed by atoms with E-state index >= 15 is 0 Å². The molecule has 1 aromatic rings. The Hall–Kier alpha value is -0.840. The first-order valence-electron chi connectivity index (χ1n) is 6.37.